The number of imide groups is 1. The molecule has 128 valence electrons. The number of amides is 3. The van der Waals surface area contributed by atoms with Gasteiger partial charge in [0.1, 0.15) is 6.54 Å². The smallest absolute Gasteiger partial charge is 0.240 e. The molecular weight excluding hydrogens is 304 g/mol. The molecule has 1 aliphatic heterocycles. The fourth-order valence-corrected chi connectivity index (χ4v) is 4.81. The van der Waals surface area contributed by atoms with E-state index in [1.807, 2.05) is 0 Å². The van der Waals surface area contributed by atoms with E-state index in [1.165, 1.54) is 23.3 Å². The van der Waals surface area contributed by atoms with Crippen LogP contribution < -0.4 is 5.32 Å². The van der Waals surface area contributed by atoms with Gasteiger partial charge in [0.25, 0.3) is 0 Å². The van der Waals surface area contributed by atoms with Gasteiger partial charge in [0.15, 0.2) is 0 Å². The van der Waals surface area contributed by atoms with E-state index in [2.05, 4.69) is 23.5 Å². The number of carbonyl (C=O) groups is 3. The Hall–Kier alpha value is -1.91. The highest BCUT2D eigenvalue weighted by Crippen LogP contribution is 2.52. The molecule has 0 spiro atoms. The van der Waals surface area contributed by atoms with Crippen LogP contribution in [-0.2, 0) is 14.4 Å². The van der Waals surface area contributed by atoms with E-state index >= 15 is 0 Å². The molecule has 0 aromatic rings. The molecule has 0 aromatic heterocycles. The van der Waals surface area contributed by atoms with Crippen molar-refractivity contribution in [3.05, 3.63) is 23.8 Å². The van der Waals surface area contributed by atoms with Gasteiger partial charge in [0.05, 0.1) is 11.8 Å². The molecule has 4 atom stereocenters. The summed E-state index contributed by atoms with van der Waals surface area (Å²) in [5, 5.41) is 2.86. The van der Waals surface area contributed by atoms with Crippen LogP contribution in [0.4, 0.5) is 0 Å². The Balaban J connectivity index is 1.29. The third kappa shape index (κ3) is 2.60. The zero-order valence-corrected chi connectivity index (χ0v) is 13.9. The van der Waals surface area contributed by atoms with Crippen molar-refractivity contribution in [3.63, 3.8) is 0 Å². The molecule has 5 heteroatoms. The minimum absolute atomic E-state index is 0.122. The third-order valence-electron chi connectivity index (χ3n) is 6.02. The Morgan fingerprint density at radius 2 is 1.83 bits per heavy atom. The number of carbonyl (C=O) groups excluding carboxylic acids is 3. The van der Waals surface area contributed by atoms with Crippen LogP contribution >= 0.6 is 0 Å². The SMILES string of the molecule is O=C(CN1C(=O)[C@@H]2[C@H](C1=O)[C@@H]1C=C[C@H]2C1)NCCC1=CCCCC1. The number of nitrogens with zero attached hydrogens (tertiary/aromatic N) is 1. The molecule has 0 radical (unpaired) electrons. The molecule has 1 saturated heterocycles. The van der Waals surface area contributed by atoms with Crippen LogP contribution in [0.15, 0.2) is 23.8 Å². The van der Waals surface area contributed by atoms with E-state index in [0.717, 1.165) is 25.7 Å². The van der Waals surface area contributed by atoms with Crippen molar-refractivity contribution in [3.8, 4) is 0 Å². The Kier molecular flexibility index (Phi) is 4.02. The molecule has 3 amide bonds. The molecule has 3 aliphatic carbocycles. The highest BCUT2D eigenvalue weighted by Gasteiger charge is 2.59. The van der Waals surface area contributed by atoms with Gasteiger partial charge in [-0.15, -0.1) is 0 Å². The lowest BCUT2D eigenvalue weighted by Gasteiger charge is -2.17. The van der Waals surface area contributed by atoms with Crippen LogP contribution in [0.2, 0.25) is 0 Å². The second-order valence-corrected chi connectivity index (χ2v) is 7.47. The highest BCUT2D eigenvalue weighted by atomic mass is 16.2. The molecule has 4 rings (SSSR count). The predicted molar refractivity (Wildman–Crippen MR) is 88.6 cm³/mol. The summed E-state index contributed by atoms with van der Waals surface area (Å²) >= 11 is 0. The van der Waals surface area contributed by atoms with E-state index < -0.39 is 0 Å². The minimum Gasteiger partial charge on any atom is -0.354 e. The largest absolute Gasteiger partial charge is 0.354 e. The molecule has 5 nitrogen and oxygen atoms in total. The average molecular weight is 328 g/mol. The van der Waals surface area contributed by atoms with Gasteiger partial charge in [0.2, 0.25) is 17.7 Å². The summed E-state index contributed by atoms with van der Waals surface area (Å²) in [7, 11) is 0. The average Bonchev–Trinajstić information content (AvgIpc) is 3.26. The molecule has 0 aromatic carbocycles. The molecule has 24 heavy (non-hydrogen) atoms. The maximum atomic E-state index is 12.5. The Morgan fingerprint density at radius 1 is 1.12 bits per heavy atom. The van der Waals surface area contributed by atoms with Crippen molar-refractivity contribution in [1.82, 2.24) is 10.2 Å². The standard InChI is InChI=1S/C19H24N2O3/c22-15(20-9-8-12-4-2-1-3-5-12)11-21-18(23)16-13-6-7-14(10-13)17(16)19(21)24/h4,6-7,13-14,16-17H,1-3,5,8-11H2,(H,20,22)/t13-,14+,16-,17+. The van der Waals surface area contributed by atoms with E-state index in [0.29, 0.717) is 6.54 Å². The summed E-state index contributed by atoms with van der Waals surface area (Å²) in [5.41, 5.74) is 1.41. The number of nitrogens with one attached hydrogen (secondary N) is 1. The summed E-state index contributed by atoms with van der Waals surface area (Å²) in [6, 6.07) is 0. The molecule has 2 fully saturated rings. The van der Waals surface area contributed by atoms with Gasteiger partial charge >= 0.3 is 0 Å². The molecule has 1 heterocycles. The number of allylic oxidation sites excluding steroid dienone is 3. The monoisotopic (exact) mass is 328 g/mol. The normalized spacial score (nSPS) is 33.8. The van der Waals surface area contributed by atoms with Crippen LogP contribution in [0.1, 0.15) is 38.5 Å². The van der Waals surface area contributed by atoms with Gasteiger partial charge in [-0.1, -0.05) is 23.8 Å². The first-order chi connectivity index (χ1) is 11.6. The summed E-state index contributed by atoms with van der Waals surface area (Å²) in [4.78, 5) is 38.4. The predicted octanol–water partition coefficient (Wildman–Crippen LogP) is 1.80. The van der Waals surface area contributed by atoms with Crippen LogP contribution in [0.25, 0.3) is 0 Å². The topological polar surface area (TPSA) is 66.5 Å². The number of fused-ring (bicyclic) bond motifs is 5. The molecule has 1 N–H and O–H groups in total. The number of rotatable bonds is 5. The van der Waals surface area contributed by atoms with E-state index in [-0.39, 0.29) is 47.9 Å². The van der Waals surface area contributed by atoms with E-state index in [4.69, 9.17) is 0 Å². The van der Waals surface area contributed by atoms with Crippen LogP contribution in [0.5, 0.6) is 0 Å². The minimum atomic E-state index is -0.228. The summed E-state index contributed by atoms with van der Waals surface area (Å²) in [6.45, 7) is 0.462. The third-order valence-corrected chi connectivity index (χ3v) is 6.02. The number of hydrogen-bond donors (Lipinski definition) is 1. The molecule has 1 saturated carbocycles. The quantitative estimate of drug-likeness (QED) is 0.618. The van der Waals surface area contributed by atoms with Gasteiger partial charge in [0, 0.05) is 6.54 Å². The Labute approximate surface area is 142 Å². The zero-order valence-electron chi connectivity index (χ0n) is 13.9. The van der Waals surface area contributed by atoms with Gasteiger partial charge in [-0.3, -0.25) is 19.3 Å². The van der Waals surface area contributed by atoms with Crippen molar-refractivity contribution in [2.75, 3.05) is 13.1 Å². The maximum Gasteiger partial charge on any atom is 0.240 e. The second-order valence-electron chi connectivity index (χ2n) is 7.47. The van der Waals surface area contributed by atoms with Gasteiger partial charge < -0.3 is 5.32 Å². The van der Waals surface area contributed by atoms with Gasteiger partial charge in [-0.25, -0.2) is 0 Å². The fourth-order valence-electron chi connectivity index (χ4n) is 4.81. The number of likely N-dealkylation sites (tertiary alicyclic amines) is 1. The molecule has 0 unspecified atom stereocenters. The van der Waals surface area contributed by atoms with Crippen molar-refractivity contribution < 1.29 is 14.4 Å². The lowest BCUT2D eigenvalue weighted by Crippen LogP contribution is -2.42. The second kappa shape index (κ2) is 6.19. The van der Waals surface area contributed by atoms with Gasteiger partial charge in [-0.2, -0.15) is 0 Å². The van der Waals surface area contributed by atoms with E-state index in [1.54, 1.807) is 0 Å². The van der Waals surface area contributed by atoms with Crippen molar-refractivity contribution in [2.45, 2.75) is 38.5 Å². The van der Waals surface area contributed by atoms with Crippen molar-refractivity contribution in [1.29, 1.82) is 0 Å². The first-order valence-corrected chi connectivity index (χ1v) is 9.13. The zero-order chi connectivity index (χ0) is 16.7. The number of hydrogen-bond acceptors (Lipinski definition) is 3. The Bertz CT molecular complexity index is 607. The molecular formula is C19H24N2O3. The van der Waals surface area contributed by atoms with Crippen molar-refractivity contribution >= 4 is 17.7 Å². The van der Waals surface area contributed by atoms with Crippen LogP contribution in [-0.4, -0.2) is 35.7 Å². The van der Waals surface area contributed by atoms with Gasteiger partial charge in [-0.05, 0) is 50.4 Å². The van der Waals surface area contributed by atoms with E-state index in [9.17, 15) is 14.4 Å². The maximum absolute atomic E-state index is 12.5. The molecule has 2 bridgehead atoms. The van der Waals surface area contributed by atoms with Crippen molar-refractivity contribution in [2.24, 2.45) is 23.7 Å². The summed E-state index contributed by atoms with van der Waals surface area (Å²) in [6.07, 6.45) is 12.9. The highest BCUT2D eigenvalue weighted by molar-refractivity contribution is 6.08. The van der Waals surface area contributed by atoms with Crippen LogP contribution in [0.3, 0.4) is 0 Å². The van der Waals surface area contributed by atoms with Crippen LogP contribution in [0, 0.1) is 23.7 Å². The lowest BCUT2D eigenvalue weighted by molar-refractivity contribution is -0.144. The first kappa shape index (κ1) is 15.6. The summed E-state index contributed by atoms with van der Waals surface area (Å²) in [5.74, 6) is -0.557. The lowest BCUT2D eigenvalue weighted by atomic mass is 9.85. The molecule has 4 aliphatic rings. The fraction of sp³-hybridized carbons (Fsp3) is 0.632. The Morgan fingerprint density at radius 3 is 2.46 bits per heavy atom. The first-order valence-electron chi connectivity index (χ1n) is 9.13. The summed E-state index contributed by atoms with van der Waals surface area (Å²) < 4.78 is 0.